The number of primary amides is 1. The molecule has 0 spiro atoms. The minimum atomic E-state index is -0.609. The number of benzene rings is 1. The maximum absolute atomic E-state index is 12.8. The van der Waals surface area contributed by atoms with Crippen molar-refractivity contribution in [1.29, 1.82) is 0 Å². The molecular formula is C30H45N3O5. The fourth-order valence-corrected chi connectivity index (χ4v) is 4.18. The summed E-state index contributed by atoms with van der Waals surface area (Å²) in [6.45, 7) is 16.3. The number of nitrogens with one attached hydrogen (secondary N) is 1. The lowest BCUT2D eigenvalue weighted by molar-refractivity contribution is -0.128. The lowest BCUT2D eigenvalue weighted by atomic mass is 9.80. The van der Waals surface area contributed by atoms with Crippen molar-refractivity contribution in [3.05, 3.63) is 42.0 Å². The summed E-state index contributed by atoms with van der Waals surface area (Å²) >= 11 is 0. The van der Waals surface area contributed by atoms with Crippen LogP contribution >= 0.6 is 0 Å². The van der Waals surface area contributed by atoms with Crippen molar-refractivity contribution in [2.75, 3.05) is 11.5 Å². The molecule has 1 aliphatic heterocycles. The molecule has 0 aliphatic carbocycles. The Morgan fingerprint density at radius 1 is 0.842 bits per heavy atom. The molecule has 1 aromatic rings. The molecule has 8 nitrogen and oxygen atoms in total. The summed E-state index contributed by atoms with van der Waals surface area (Å²) < 4.78 is 6.05. The molecular weight excluding hydrogens is 482 g/mol. The first-order valence-electron chi connectivity index (χ1n) is 13.3. The van der Waals surface area contributed by atoms with Gasteiger partial charge in [-0.3, -0.25) is 19.2 Å². The van der Waals surface area contributed by atoms with Gasteiger partial charge < -0.3 is 15.8 Å². The monoisotopic (exact) mass is 527 g/mol. The van der Waals surface area contributed by atoms with Crippen LogP contribution < -0.4 is 16.0 Å². The van der Waals surface area contributed by atoms with Crippen molar-refractivity contribution in [3.63, 3.8) is 0 Å². The van der Waals surface area contributed by atoms with Crippen molar-refractivity contribution in [2.24, 2.45) is 11.1 Å². The number of nitrogens with two attached hydrogens (primary N) is 1. The number of rotatable bonds is 14. The van der Waals surface area contributed by atoms with Gasteiger partial charge in [0.2, 0.25) is 11.8 Å². The molecule has 0 bridgehead atoms. The lowest BCUT2D eigenvalue weighted by Crippen LogP contribution is -2.45. The largest absolute Gasteiger partial charge is 0.376 e. The van der Waals surface area contributed by atoms with E-state index in [0.29, 0.717) is 31.6 Å². The van der Waals surface area contributed by atoms with Gasteiger partial charge in [-0.25, -0.2) is 4.90 Å². The summed E-state index contributed by atoms with van der Waals surface area (Å²) in [7, 11) is 0. The van der Waals surface area contributed by atoms with Crippen LogP contribution in [0.15, 0.2) is 36.4 Å². The first kappa shape index (κ1) is 31.2. The molecule has 3 N–H and O–H groups in total. The van der Waals surface area contributed by atoms with Crippen molar-refractivity contribution in [2.45, 2.75) is 104 Å². The number of hydrogen-bond acceptors (Lipinski definition) is 5. The van der Waals surface area contributed by atoms with Gasteiger partial charge in [-0.15, -0.1) is 0 Å². The van der Waals surface area contributed by atoms with E-state index in [2.05, 4.69) is 19.2 Å². The van der Waals surface area contributed by atoms with E-state index in [1.807, 2.05) is 53.7 Å². The SMILES string of the molecule is CC(C)(CCC(C)(C)OCCC(C)(C)C(N)=O)NC(=O)CCC(C)(C)c1ccc(N2C(=O)C=CC2=O)cc1. The van der Waals surface area contributed by atoms with Crippen molar-refractivity contribution < 1.29 is 23.9 Å². The minimum Gasteiger partial charge on any atom is -0.376 e. The third kappa shape index (κ3) is 8.79. The zero-order chi connectivity index (χ0) is 28.9. The van der Waals surface area contributed by atoms with Gasteiger partial charge in [0.25, 0.3) is 11.8 Å². The van der Waals surface area contributed by atoms with Crippen LogP contribution in [0.4, 0.5) is 5.69 Å². The number of anilines is 1. The van der Waals surface area contributed by atoms with E-state index in [9.17, 15) is 19.2 Å². The second-order valence-electron chi connectivity index (χ2n) is 12.8. The Morgan fingerprint density at radius 3 is 1.92 bits per heavy atom. The Bertz CT molecular complexity index is 1050. The van der Waals surface area contributed by atoms with Crippen LogP contribution in [-0.4, -0.2) is 41.4 Å². The fraction of sp³-hybridized carbons (Fsp3) is 0.600. The smallest absolute Gasteiger partial charge is 0.258 e. The summed E-state index contributed by atoms with van der Waals surface area (Å²) in [5.74, 6) is -1.04. The normalized spacial score (nSPS) is 14.8. The Morgan fingerprint density at radius 2 is 1.39 bits per heavy atom. The Kier molecular flexibility index (Phi) is 9.70. The van der Waals surface area contributed by atoms with Crippen LogP contribution in [0.25, 0.3) is 0 Å². The number of nitrogens with zero attached hydrogens (tertiary/aromatic N) is 1. The van der Waals surface area contributed by atoms with Crippen LogP contribution in [-0.2, 0) is 29.3 Å². The molecule has 8 heteroatoms. The predicted octanol–water partition coefficient (Wildman–Crippen LogP) is 4.55. The molecule has 4 amide bonds. The third-order valence-electron chi connectivity index (χ3n) is 7.41. The highest BCUT2D eigenvalue weighted by Gasteiger charge is 2.30. The Hall–Kier alpha value is -3.00. The molecule has 0 unspecified atom stereocenters. The minimum absolute atomic E-state index is 0.0130. The molecule has 1 aliphatic rings. The maximum atomic E-state index is 12.8. The number of amides is 4. The van der Waals surface area contributed by atoms with E-state index in [0.717, 1.165) is 23.3 Å². The molecule has 38 heavy (non-hydrogen) atoms. The van der Waals surface area contributed by atoms with Crippen LogP contribution in [0.1, 0.15) is 93.1 Å². The van der Waals surface area contributed by atoms with Gasteiger partial charge in [0, 0.05) is 36.1 Å². The highest BCUT2D eigenvalue weighted by molar-refractivity contribution is 6.28. The molecule has 1 heterocycles. The second kappa shape index (κ2) is 11.8. The first-order valence-corrected chi connectivity index (χ1v) is 13.3. The number of carbonyl (C=O) groups is 4. The third-order valence-corrected chi connectivity index (χ3v) is 7.41. The fourth-order valence-electron chi connectivity index (χ4n) is 4.18. The van der Waals surface area contributed by atoms with Crippen molar-refractivity contribution in [3.8, 4) is 0 Å². The van der Waals surface area contributed by atoms with E-state index in [4.69, 9.17) is 10.5 Å². The van der Waals surface area contributed by atoms with Crippen LogP contribution in [0.2, 0.25) is 0 Å². The molecule has 1 aromatic carbocycles. The van der Waals surface area contributed by atoms with Gasteiger partial charge >= 0.3 is 0 Å². The van der Waals surface area contributed by atoms with Crippen LogP contribution in [0, 0.1) is 5.41 Å². The molecule has 210 valence electrons. The average Bonchev–Trinajstić information content (AvgIpc) is 3.14. The van der Waals surface area contributed by atoms with E-state index < -0.39 is 16.6 Å². The first-order chi connectivity index (χ1) is 17.4. The van der Waals surface area contributed by atoms with Gasteiger partial charge in [-0.2, -0.15) is 0 Å². The standard InChI is InChI=1S/C30H45N3O5/c1-27(2,21-9-11-22(12-10-21)33-24(35)13-14-25(33)36)16-15-23(34)32-29(5,6)17-18-30(7,8)38-20-19-28(3,4)26(31)37/h9-14H,15-20H2,1-8H3,(H2,31,37)(H,32,34). The predicted molar refractivity (Wildman–Crippen MR) is 149 cm³/mol. The van der Waals surface area contributed by atoms with Crippen molar-refractivity contribution in [1.82, 2.24) is 5.32 Å². The molecule has 2 rings (SSSR count). The number of ether oxygens (including phenoxy) is 1. The van der Waals surface area contributed by atoms with E-state index in [-0.39, 0.29) is 29.0 Å². The molecule has 0 radical (unpaired) electrons. The second-order valence-corrected chi connectivity index (χ2v) is 12.8. The highest BCUT2D eigenvalue weighted by Crippen LogP contribution is 2.31. The number of carbonyl (C=O) groups excluding carboxylic acids is 4. The zero-order valence-corrected chi connectivity index (χ0v) is 24.3. The van der Waals surface area contributed by atoms with Gasteiger partial charge in [-0.1, -0.05) is 39.8 Å². The molecule has 0 fully saturated rings. The van der Waals surface area contributed by atoms with Crippen LogP contribution in [0.5, 0.6) is 0 Å². The Labute approximate surface area is 227 Å². The van der Waals surface area contributed by atoms with E-state index in [1.54, 1.807) is 12.1 Å². The average molecular weight is 528 g/mol. The summed E-state index contributed by atoms with van der Waals surface area (Å²) in [6.07, 6.45) is 5.57. The zero-order valence-electron chi connectivity index (χ0n) is 24.3. The van der Waals surface area contributed by atoms with Gasteiger partial charge in [0.15, 0.2) is 0 Å². The summed E-state index contributed by atoms with van der Waals surface area (Å²) in [4.78, 5) is 49.3. The molecule has 0 saturated carbocycles. The molecule has 0 saturated heterocycles. The maximum Gasteiger partial charge on any atom is 0.258 e. The lowest BCUT2D eigenvalue weighted by Gasteiger charge is -2.33. The Balaban J connectivity index is 1.84. The quantitative estimate of drug-likeness (QED) is 0.344. The van der Waals surface area contributed by atoms with Crippen molar-refractivity contribution >= 4 is 29.3 Å². The number of imide groups is 1. The van der Waals surface area contributed by atoms with Gasteiger partial charge in [-0.05, 0) is 76.5 Å². The highest BCUT2D eigenvalue weighted by atomic mass is 16.5. The van der Waals surface area contributed by atoms with Gasteiger partial charge in [0.05, 0.1) is 11.3 Å². The molecule has 0 atom stereocenters. The van der Waals surface area contributed by atoms with E-state index >= 15 is 0 Å². The summed E-state index contributed by atoms with van der Waals surface area (Å²) in [5.41, 5.74) is 5.32. The van der Waals surface area contributed by atoms with Crippen LogP contribution in [0.3, 0.4) is 0 Å². The summed E-state index contributed by atoms with van der Waals surface area (Å²) in [5, 5.41) is 3.16. The molecule has 0 aromatic heterocycles. The van der Waals surface area contributed by atoms with Gasteiger partial charge in [0.1, 0.15) is 0 Å². The summed E-state index contributed by atoms with van der Waals surface area (Å²) in [6, 6.07) is 7.34. The number of hydrogen-bond donors (Lipinski definition) is 2. The topological polar surface area (TPSA) is 119 Å². The van der Waals surface area contributed by atoms with E-state index in [1.165, 1.54) is 12.2 Å².